The first-order valence-corrected chi connectivity index (χ1v) is 12.1. The normalized spacial score (nSPS) is 34.1. The molecule has 1 aliphatic carbocycles. The number of ether oxygens (including phenoxy) is 6. The Bertz CT molecular complexity index is 1090. The number of methoxy groups -OCH3 is 3. The lowest BCUT2D eigenvalue weighted by atomic mass is 9.84. The smallest absolute Gasteiger partial charge is 0.331 e. The number of carbonyl (C=O) groups excluding carboxylic acids is 1. The molecule has 13 nitrogen and oxygen atoms in total. The molecule has 1 aliphatic heterocycles. The van der Waals surface area contributed by atoms with E-state index in [-0.39, 0.29) is 23.5 Å². The molecule has 1 heterocycles. The van der Waals surface area contributed by atoms with Gasteiger partial charge in [-0.2, -0.15) is 5.26 Å². The van der Waals surface area contributed by atoms with Crippen molar-refractivity contribution >= 4 is 12.0 Å². The van der Waals surface area contributed by atoms with E-state index in [0.29, 0.717) is 5.56 Å². The molecule has 0 amide bonds. The van der Waals surface area contributed by atoms with E-state index in [2.05, 4.69) is 0 Å². The van der Waals surface area contributed by atoms with E-state index in [4.69, 9.17) is 28.4 Å². The summed E-state index contributed by atoms with van der Waals surface area (Å²) in [5.74, 6) is -0.824. The number of carbonyl (C=O) groups is 1. The predicted octanol–water partition coefficient (Wildman–Crippen LogP) is -0.605. The fourth-order valence-corrected chi connectivity index (χ4v) is 4.55. The number of hydrogen-bond acceptors (Lipinski definition) is 13. The third-order valence-corrected chi connectivity index (χ3v) is 6.63. The number of phenolic OH excluding ortho intramolecular Hbond substituents is 1. The average Bonchev–Trinajstić information content (AvgIpc) is 2.93. The number of allylic oxidation sites excluding steroid dienone is 1. The van der Waals surface area contributed by atoms with Crippen molar-refractivity contribution in [1.82, 2.24) is 0 Å². The van der Waals surface area contributed by atoms with Crippen LogP contribution in [-0.2, 0) is 28.5 Å². The Morgan fingerprint density at radius 1 is 1.15 bits per heavy atom. The Kier molecular flexibility index (Phi) is 10.8. The van der Waals surface area contributed by atoms with E-state index in [1.165, 1.54) is 45.6 Å². The minimum atomic E-state index is -1.71. The van der Waals surface area contributed by atoms with Crippen molar-refractivity contribution in [3.05, 3.63) is 41.5 Å². The number of aliphatic hydroxyl groups excluding tert-OH is 4. The molecule has 39 heavy (non-hydrogen) atoms. The highest BCUT2D eigenvalue weighted by Gasteiger charge is 2.50. The lowest BCUT2D eigenvalue weighted by Crippen LogP contribution is -2.61. The van der Waals surface area contributed by atoms with Crippen LogP contribution in [-0.4, -0.2) is 115 Å². The minimum absolute atomic E-state index is 0.0858. The molecule has 1 aromatic rings. The Morgan fingerprint density at radius 2 is 1.90 bits per heavy atom. The number of nitriles is 1. The summed E-state index contributed by atoms with van der Waals surface area (Å²) in [5.41, 5.74) is 0.643. The Hall–Kier alpha value is -3.06. The van der Waals surface area contributed by atoms with Crippen LogP contribution in [0.25, 0.3) is 6.08 Å². The van der Waals surface area contributed by atoms with Gasteiger partial charge in [0, 0.05) is 38.4 Å². The molecule has 1 aromatic carbocycles. The van der Waals surface area contributed by atoms with Crippen molar-refractivity contribution in [3.63, 3.8) is 0 Å². The number of aliphatic hydroxyl groups is 4. The van der Waals surface area contributed by atoms with E-state index in [1.54, 1.807) is 0 Å². The molecule has 2 aliphatic rings. The zero-order valence-corrected chi connectivity index (χ0v) is 21.6. The molecule has 1 saturated heterocycles. The summed E-state index contributed by atoms with van der Waals surface area (Å²) in [5, 5.41) is 60.6. The van der Waals surface area contributed by atoms with Gasteiger partial charge in [0.05, 0.1) is 32.0 Å². The van der Waals surface area contributed by atoms with Crippen molar-refractivity contribution in [1.29, 1.82) is 5.26 Å². The number of benzene rings is 1. The number of aromatic hydroxyl groups is 1. The molecule has 1 saturated carbocycles. The molecule has 3 rings (SSSR count). The monoisotopic (exact) mass is 551 g/mol. The second kappa shape index (κ2) is 13.8. The lowest BCUT2D eigenvalue weighted by molar-refractivity contribution is -0.314. The number of phenols is 1. The molecule has 9 atom stereocenters. The molecule has 0 aromatic heterocycles. The fraction of sp³-hybridized carbons (Fsp3) is 0.538. The quantitative estimate of drug-likeness (QED) is 0.148. The van der Waals surface area contributed by atoms with Crippen molar-refractivity contribution in [2.24, 2.45) is 0 Å². The summed E-state index contributed by atoms with van der Waals surface area (Å²) < 4.78 is 32.8. The largest absolute Gasteiger partial charge is 0.504 e. The van der Waals surface area contributed by atoms with Crippen LogP contribution >= 0.6 is 0 Å². The van der Waals surface area contributed by atoms with E-state index in [0.717, 1.165) is 12.2 Å². The molecule has 2 fully saturated rings. The first kappa shape index (κ1) is 30.5. The van der Waals surface area contributed by atoms with Crippen molar-refractivity contribution in [2.75, 3.05) is 27.9 Å². The van der Waals surface area contributed by atoms with E-state index < -0.39 is 67.7 Å². The Labute approximate surface area is 225 Å². The van der Waals surface area contributed by atoms with Gasteiger partial charge < -0.3 is 54.0 Å². The minimum Gasteiger partial charge on any atom is -0.504 e. The zero-order chi connectivity index (χ0) is 28.7. The van der Waals surface area contributed by atoms with E-state index in [9.17, 15) is 35.6 Å². The number of esters is 1. The number of nitrogens with zero attached hydrogens (tertiary/aromatic N) is 1. The maximum absolute atomic E-state index is 12.7. The summed E-state index contributed by atoms with van der Waals surface area (Å²) in [4.78, 5) is 12.7. The summed E-state index contributed by atoms with van der Waals surface area (Å²) >= 11 is 0. The Morgan fingerprint density at radius 3 is 2.51 bits per heavy atom. The van der Waals surface area contributed by atoms with Gasteiger partial charge in [-0.15, -0.1) is 0 Å². The van der Waals surface area contributed by atoms with Crippen LogP contribution in [0.5, 0.6) is 11.5 Å². The van der Waals surface area contributed by atoms with E-state index in [1.807, 2.05) is 6.07 Å². The van der Waals surface area contributed by atoms with E-state index >= 15 is 0 Å². The molecule has 0 bridgehead atoms. The maximum Gasteiger partial charge on any atom is 0.331 e. The Balaban J connectivity index is 1.84. The van der Waals surface area contributed by atoms with Crippen molar-refractivity contribution in [2.45, 2.75) is 61.5 Å². The molecule has 0 radical (unpaired) electrons. The summed E-state index contributed by atoms with van der Waals surface area (Å²) in [6, 6.07) is 6.24. The molecule has 0 unspecified atom stereocenters. The predicted molar refractivity (Wildman–Crippen MR) is 132 cm³/mol. The van der Waals surface area contributed by atoms with Gasteiger partial charge in [0.1, 0.15) is 30.5 Å². The van der Waals surface area contributed by atoms with Gasteiger partial charge in [0.2, 0.25) is 0 Å². The van der Waals surface area contributed by atoms with Crippen LogP contribution in [0.3, 0.4) is 0 Å². The van der Waals surface area contributed by atoms with Crippen LogP contribution in [0.2, 0.25) is 0 Å². The first-order valence-electron chi connectivity index (χ1n) is 12.1. The molecular weight excluding hydrogens is 518 g/mol. The van der Waals surface area contributed by atoms with Crippen molar-refractivity contribution < 1.29 is 58.7 Å². The molecule has 0 spiro atoms. The lowest BCUT2D eigenvalue weighted by Gasteiger charge is -2.45. The van der Waals surface area contributed by atoms with Crippen LogP contribution in [0.15, 0.2) is 35.9 Å². The van der Waals surface area contributed by atoms with Gasteiger partial charge in [-0.05, 0) is 23.8 Å². The third kappa shape index (κ3) is 6.93. The topological polar surface area (TPSA) is 197 Å². The van der Waals surface area contributed by atoms with Gasteiger partial charge in [-0.25, -0.2) is 4.79 Å². The van der Waals surface area contributed by atoms with Crippen LogP contribution < -0.4 is 4.74 Å². The summed E-state index contributed by atoms with van der Waals surface area (Å²) in [6.07, 6.45) is -7.77. The van der Waals surface area contributed by atoms with Gasteiger partial charge in [0.15, 0.2) is 23.9 Å². The first-order chi connectivity index (χ1) is 18.7. The van der Waals surface area contributed by atoms with Crippen LogP contribution in [0.1, 0.15) is 12.0 Å². The summed E-state index contributed by atoms with van der Waals surface area (Å²) in [6.45, 7) is -0.679. The van der Waals surface area contributed by atoms with Gasteiger partial charge >= 0.3 is 5.97 Å². The molecule has 5 N–H and O–H groups in total. The highest BCUT2D eigenvalue weighted by Crippen LogP contribution is 2.34. The van der Waals surface area contributed by atoms with Crippen LogP contribution in [0, 0.1) is 11.3 Å². The standard InChI is InChI=1S/C26H33NO12/c1-34-17-10-13(4-6-15(17)29)5-7-20(30)39-25-23(33)22(32)19(12-28)38-26(25)37-16-11-18(35-2)24(36-3)21(31)14(16)8-9-27/h4-8,10,16,18-19,21-26,28-29,31-33H,11-12H2,1-3H3/b7-5+,14-8+/t16-,18+,19-,21+,22-,23+,24+,25-,26-/m1/s1. The summed E-state index contributed by atoms with van der Waals surface area (Å²) in [7, 11) is 4.18. The van der Waals surface area contributed by atoms with Gasteiger partial charge in [-0.1, -0.05) is 6.07 Å². The van der Waals surface area contributed by atoms with Crippen molar-refractivity contribution in [3.8, 4) is 17.6 Å². The molecule has 214 valence electrons. The highest BCUT2D eigenvalue weighted by atomic mass is 16.7. The average molecular weight is 552 g/mol. The zero-order valence-electron chi connectivity index (χ0n) is 21.6. The second-order valence-electron chi connectivity index (χ2n) is 8.93. The number of rotatable bonds is 9. The van der Waals surface area contributed by atoms with Crippen LogP contribution in [0.4, 0.5) is 0 Å². The second-order valence-corrected chi connectivity index (χ2v) is 8.93. The number of hydrogen-bond donors (Lipinski definition) is 5. The molecular formula is C26H33NO12. The highest BCUT2D eigenvalue weighted by molar-refractivity contribution is 5.87. The fourth-order valence-electron chi connectivity index (χ4n) is 4.55. The third-order valence-electron chi connectivity index (χ3n) is 6.63. The SMILES string of the molecule is COc1cc(/C=C/C(=O)O[C@H]2[C@H](O[C@@H]3C[C@H](OC)[C@H](OC)[C@@H](O)/C3=C/C#N)O[C@H](CO)[C@@H](O)[C@@H]2O)ccc1O. The maximum atomic E-state index is 12.7. The van der Waals surface area contributed by atoms with Gasteiger partial charge in [-0.3, -0.25) is 0 Å². The molecule has 13 heteroatoms. The van der Waals surface area contributed by atoms with Gasteiger partial charge in [0.25, 0.3) is 0 Å².